The summed E-state index contributed by atoms with van der Waals surface area (Å²) in [6.07, 6.45) is 4.06. The van der Waals surface area contributed by atoms with Crippen molar-refractivity contribution in [3.63, 3.8) is 0 Å². The maximum Gasteiger partial charge on any atom is 0.351 e. The van der Waals surface area contributed by atoms with Crippen LogP contribution in [0, 0.1) is 5.82 Å². The van der Waals surface area contributed by atoms with Crippen LogP contribution in [0.2, 0.25) is 5.02 Å². The first-order valence-electron chi connectivity index (χ1n) is 11.9. The molecule has 0 unspecified atom stereocenters. The number of benzene rings is 1. The summed E-state index contributed by atoms with van der Waals surface area (Å²) >= 11 is 6.63. The summed E-state index contributed by atoms with van der Waals surface area (Å²) in [5.41, 5.74) is 0.577. The minimum atomic E-state index is -0.438. The van der Waals surface area contributed by atoms with E-state index in [0.29, 0.717) is 43.0 Å². The van der Waals surface area contributed by atoms with Gasteiger partial charge in [0.05, 0.1) is 16.1 Å². The molecule has 3 heterocycles. The third-order valence-electron chi connectivity index (χ3n) is 6.39. The molecule has 7 nitrogen and oxygen atoms in total. The summed E-state index contributed by atoms with van der Waals surface area (Å²) in [5, 5.41) is 0.902. The Balaban J connectivity index is 1.87. The summed E-state index contributed by atoms with van der Waals surface area (Å²) in [7, 11) is 0. The highest BCUT2D eigenvalue weighted by Crippen LogP contribution is 2.34. The monoisotopic (exact) mass is 497 g/mol. The number of carbonyl (C=O) groups excluding carboxylic acids is 1. The lowest BCUT2D eigenvalue weighted by Crippen LogP contribution is -2.54. The van der Waals surface area contributed by atoms with Crippen LogP contribution in [-0.2, 0) is 11.3 Å². The molecule has 35 heavy (non-hydrogen) atoms. The van der Waals surface area contributed by atoms with Gasteiger partial charge in [-0.1, -0.05) is 50.1 Å². The van der Waals surface area contributed by atoms with E-state index < -0.39 is 11.5 Å². The summed E-state index contributed by atoms with van der Waals surface area (Å²) in [5.74, 6) is -0.0867. The van der Waals surface area contributed by atoms with E-state index in [1.54, 1.807) is 33.7 Å². The van der Waals surface area contributed by atoms with Crippen molar-refractivity contribution in [3.05, 3.63) is 64.3 Å². The number of pyridine rings is 1. The third-order valence-corrected chi connectivity index (χ3v) is 6.67. The number of carbonyl (C=O) groups is 1. The Kier molecular flexibility index (Phi) is 7.50. The van der Waals surface area contributed by atoms with Gasteiger partial charge in [-0.3, -0.25) is 9.36 Å². The number of unbranched alkanes of at least 4 members (excludes halogenated alkanes) is 2. The van der Waals surface area contributed by atoms with Gasteiger partial charge in [-0.05, 0) is 37.6 Å². The molecule has 1 aromatic carbocycles. The minimum Gasteiger partial charge on any atom is -0.350 e. The topological polar surface area (TPSA) is 71.3 Å². The van der Waals surface area contributed by atoms with Gasteiger partial charge in [0.2, 0.25) is 5.91 Å². The van der Waals surface area contributed by atoms with Gasteiger partial charge in [-0.2, -0.15) is 4.98 Å². The van der Waals surface area contributed by atoms with Crippen LogP contribution in [0.15, 0.2) is 47.8 Å². The molecule has 1 amide bonds. The molecule has 1 atom stereocenters. The lowest BCUT2D eigenvalue weighted by molar-refractivity contribution is -0.126. The number of hydrogen-bond acceptors (Lipinski definition) is 5. The number of rotatable bonds is 7. The fraction of sp³-hybridized carbons (Fsp3) is 0.385. The van der Waals surface area contributed by atoms with E-state index in [9.17, 15) is 14.0 Å². The van der Waals surface area contributed by atoms with E-state index in [4.69, 9.17) is 16.6 Å². The number of aryl methyl sites for hydroxylation is 1. The van der Waals surface area contributed by atoms with Crippen LogP contribution in [-0.4, -0.2) is 51.0 Å². The predicted octanol–water partition coefficient (Wildman–Crippen LogP) is 4.66. The zero-order valence-corrected chi connectivity index (χ0v) is 20.8. The SMILES string of the molecule is C=CC(=O)N1CCN(c2nc(=O)n(CCCCC)c3nc(-c4ccccc4F)c(Cl)cc23)[C@@H](C)C1. The molecule has 1 saturated heterocycles. The Morgan fingerprint density at radius 2 is 2.03 bits per heavy atom. The molecule has 1 fully saturated rings. The average molecular weight is 498 g/mol. The Labute approximate surface area is 208 Å². The van der Waals surface area contributed by atoms with Crippen LogP contribution >= 0.6 is 11.6 Å². The molecule has 3 aromatic rings. The van der Waals surface area contributed by atoms with E-state index in [0.717, 1.165) is 19.3 Å². The molecule has 0 radical (unpaired) electrons. The Hall–Kier alpha value is -3.26. The van der Waals surface area contributed by atoms with Crippen LogP contribution < -0.4 is 10.6 Å². The van der Waals surface area contributed by atoms with Crippen molar-refractivity contribution < 1.29 is 9.18 Å². The van der Waals surface area contributed by atoms with Crippen LogP contribution in [0.3, 0.4) is 0 Å². The zero-order valence-electron chi connectivity index (χ0n) is 20.0. The zero-order chi connectivity index (χ0) is 25.1. The highest BCUT2D eigenvalue weighted by atomic mass is 35.5. The lowest BCUT2D eigenvalue weighted by atomic mass is 10.1. The number of anilines is 1. The van der Waals surface area contributed by atoms with E-state index in [1.165, 1.54) is 12.1 Å². The van der Waals surface area contributed by atoms with Gasteiger partial charge in [-0.15, -0.1) is 0 Å². The molecule has 184 valence electrons. The van der Waals surface area contributed by atoms with Crippen molar-refractivity contribution in [2.24, 2.45) is 0 Å². The second-order valence-electron chi connectivity index (χ2n) is 8.78. The molecular formula is C26H29ClFN5O2. The first kappa shape index (κ1) is 24.9. The first-order valence-corrected chi connectivity index (χ1v) is 12.3. The van der Waals surface area contributed by atoms with Crippen molar-refractivity contribution in [2.45, 2.75) is 45.7 Å². The van der Waals surface area contributed by atoms with E-state index in [2.05, 4.69) is 18.5 Å². The van der Waals surface area contributed by atoms with Gasteiger partial charge in [0.15, 0.2) is 0 Å². The number of amides is 1. The molecule has 1 aliphatic heterocycles. The molecule has 0 bridgehead atoms. The summed E-state index contributed by atoms with van der Waals surface area (Å²) in [6.45, 7) is 9.54. The normalized spacial score (nSPS) is 16.1. The van der Waals surface area contributed by atoms with Gasteiger partial charge in [-0.25, -0.2) is 14.2 Å². The standard InChI is InChI=1S/C26H29ClFN5O2/c1-4-6-9-12-33-24-19(15-20(27)23(29-24)18-10-7-8-11-21(18)28)25(30-26(33)35)32-14-13-31(16-17(32)3)22(34)5-2/h5,7-8,10-11,15,17H,2,4,6,9,12-14,16H2,1,3H3/t17-/m0/s1. The van der Waals surface area contributed by atoms with Crippen molar-refractivity contribution >= 4 is 34.4 Å². The van der Waals surface area contributed by atoms with E-state index in [1.807, 2.05) is 11.8 Å². The molecule has 0 N–H and O–H groups in total. The van der Waals surface area contributed by atoms with Gasteiger partial charge >= 0.3 is 5.69 Å². The number of fused-ring (bicyclic) bond motifs is 1. The molecule has 0 saturated carbocycles. The molecule has 1 aliphatic rings. The minimum absolute atomic E-state index is 0.0938. The first-order chi connectivity index (χ1) is 16.8. The van der Waals surface area contributed by atoms with Crippen LogP contribution in [0.1, 0.15) is 33.1 Å². The fourth-order valence-electron chi connectivity index (χ4n) is 4.54. The smallest absolute Gasteiger partial charge is 0.350 e. The lowest BCUT2D eigenvalue weighted by Gasteiger charge is -2.40. The fourth-order valence-corrected chi connectivity index (χ4v) is 4.79. The third kappa shape index (κ3) is 4.93. The number of piperazine rings is 1. The summed E-state index contributed by atoms with van der Waals surface area (Å²) in [4.78, 5) is 38.2. The molecular weight excluding hydrogens is 469 g/mol. The Bertz CT molecular complexity index is 1330. The molecule has 9 heteroatoms. The maximum atomic E-state index is 14.6. The van der Waals surface area contributed by atoms with Gasteiger partial charge in [0.25, 0.3) is 0 Å². The Morgan fingerprint density at radius 1 is 1.26 bits per heavy atom. The van der Waals surface area contributed by atoms with Crippen LogP contribution in [0.25, 0.3) is 22.3 Å². The van der Waals surface area contributed by atoms with Crippen molar-refractivity contribution in [1.29, 1.82) is 0 Å². The predicted molar refractivity (Wildman–Crippen MR) is 137 cm³/mol. The number of aromatic nitrogens is 3. The van der Waals surface area contributed by atoms with Gasteiger partial charge < -0.3 is 9.80 Å². The van der Waals surface area contributed by atoms with Crippen molar-refractivity contribution in [2.75, 3.05) is 24.5 Å². The van der Waals surface area contributed by atoms with E-state index >= 15 is 0 Å². The average Bonchev–Trinajstić information content (AvgIpc) is 2.85. The summed E-state index contributed by atoms with van der Waals surface area (Å²) in [6, 6.07) is 7.93. The second kappa shape index (κ2) is 10.6. The quantitative estimate of drug-likeness (QED) is 0.350. The number of halogens is 2. The molecule has 0 aliphatic carbocycles. The van der Waals surface area contributed by atoms with Crippen molar-refractivity contribution in [1.82, 2.24) is 19.4 Å². The summed E-state index contributed by atoms with van der Waals surface area (Å²) < 4.78 is 16.2. The molecule has 0 spiro atoms. The highest BCUT2D eigenvalue weighted by Gasteiger charge is 2.29. The van der Waals surface area contributed by atoms with E-state index in [-0.39, 0.29) is 28.2 Å². The Morgan fingerprint density at radius 3 is 2.71 bits per heavy atom. The number of hydrogen-bond donors (Lipinski definition) is 0. The second-order valence-corrected chi connectivity index (χ2v) is 9.18. The maximum absolute atomic E-state index is 14.6. The molecule has 4 rings (SSSR count). The highest BCUT2D eigenvalue weighted by molar-refractivity contribution is 6.33. The van der Waals surface area contributed by atoms with Crippen LogP contribution in [0.4, 0.5) is 10.2 Å². The molecule has 2 aromatic heterocycles. The van der Waals surface area contributed by atoms with Crippen LogP contribution in [0.5, 0.6) is 0 Å². The van der Waals surface area contributed by atoms with Crippen molar-refractivity contribution in [3.8, 4) is 11.3 Å². The van der Waals surface area contributed by atoms with Gasteiger partial charge in [0.1, 0.15) is 17.3 Å². The largest absolute Gasteiger partial charge is 0.351 e. The number of nitrogens with zero attached hydrogens (tertiary/aromatic N) is 5. The van der Waals surface area contributed by atoms with Gasteiger partial charge in [0, 0.05) is 37.8 Å².